The number of fused-ring (bicyclic) bond motifs is 1. The number of aromatic amines is 1. The van der Waals surface area contributed by atoms with Crippen molar-refractivity contribution in [1.82, 2.24) is 10.4 Å². The van der Waals surface area contributed by atoms with Crippen molar-refractivity contribution in [1.29, 1.82) is 0 Å². The molecule has 0 bridgehead atoms. The molecule has 1 aromatic carbocycles. The highest BCUT2D eigenvalue weighted by Crippen LogP contribution is 2.21. The summed E-state index contributed by atoms with van der Waals surface area (Å²) in [6, 6.07) is 7.78. The highest BCUT2D eigenvalue weighted by molar-refractivity contribution is 6.06. The number of hydrogen-bond acceptors (Lipinski definition) is 2. The van der Waals surface area contributed by atoms with Crippen LogP contribution in [0.5, 0.6) is 0 Å². The van der Waals surface area contributed by atoms with Gasteiger partial charge in [-0.25, -0.2) is 5.43 Å². The number of H-pyrrole nitrogens is 1. The first-order valence-electron chi connectivity index (χ1n) is 7.16. The molecule has 0 unspecified atom stereocenters. The molecular formula is C16H19N3O. The van der Waals surface area contributed by atoms with Crippen LogP contribution in [0, 0.1) is 5.92 Å². The number of para-hydroxylation sites is 1. The van der Waals surface area contributed by atoms with Crippen LogP contribution in [-0.2, 0) is 0 Å². The van der Waals surface area contributed by atoms with Gasteiger partial charge in [0.2, 0.25) is 0 Å². The van der Waals surface area contributed by atoms with E-state index in [-0.39, 0.29) is 5.91 Å². The summed E-state index contributed by atoms with van der Waals surface area (Å²) in [5.74, 6) is 0.631. The maximum absolute atomic E-state index is 12.2. The second-order valence-corrected chi connectivity index (χ2v) is 5.55. The van der Waals surface area contributed by atoms with Gasteiger partial charge >= 0.3 is 0 Å². The smallest absolute Gasteiger partial charge is 0.273 e. The molecule has 104 valence electrons. The molecule has 0 spiro atoms. The van der Waals surface area contributed by atoms with Crippen LogP contribution in [0.1, 0.15) is 43.0 Å². The van der Waals surface area contributed by atoms with Gasteiger partial charge in [-0.2, -0.15) is 5.10 Å². The lowest BCUT2D eigenvalue weighted by atomic mass is 9.90. The Morgan fingerprint density at radius 3 is 2.85 bits per heavy atom. The Balaban J connectivity index is 1.72. The summed E-state index contributed by atoms with van der Waals surface area (Å²) in [7, 11) is 0. The number of hydrogen-bond donors (Lipinski definition) is 2. The highest BCUT2D eigenvalue weighted by atomic mass is 16.2. The molecule has 1 aromatic heterocycles. The van der Waals surface area contributed by atoms with Crippen LogP contribution in [-0.4, -0.2) is 16.6 Å². The molecule has 0 atom stereocenters. The van der Waals surface area contributed by atoms with Crippen LogP contribution < -0.4 is 5.43 Å². The standard InChI is InChI=1S/C16H19N3O/c1-11-6-8-12(9-7-11)18-19-16(20)14-10-17-15-5-3-2-4-13(14)15/h2-5,10-11,17H,6-9H2,1H3,(H,19,20). The first-order chi connectivity index (χ1) is 9.74. The second kappa shape index (κ2) is 5.49. The largest absolute Gasteiger partial charge is 0.360 e. The third kappa shape index (κ3) is 2.59. The summed E-state index contributed by atoms with van der Waals surface area (Å²) in [6.07, 6.45) is 6.07. The molecule has 2 aromatic rings. The molecule has 1 amide bonds. The first-order valence-corrected chi connectivity index (χ1v) is 7.16. The van der Waals surface area contributed by atoms with E-state index in [0.29, 0.717) is 5.56 Å². The second-order valence-electron chi connectivity index (χ2n) is 5.55. The Bertz CT molecular complexity index is 647. The zero-order chi connectivity index (χ0) is 13.9. The molecule has 20 heavy (non-hydrogen) atoms. The lowest BCUT2D eigenvalue weighted by Gasteiger charge is -2.18. The molecule has 3 rings (SSSR count). The molecule has 1 heterocycles. The minimum absolute atomic E-state index is 0.145. The SMILES string of the molecule is CC1CCC(=NNC(=O)c2c[nH]c3ccccc23)CC1. The van der Waals surface area contributed by atoms with Crippen molar-refractivity contribution in [3.05, 3.63) is 36.0 Å². The Labute approximate surface area is 118 Å². The number of nitrogens with one attached hydrogen (secondary N) is 2. The van der Waals surface area contributed by atoms with E-state index < -0.39 is 0 Å². The fourth-order valence-corrected chi connectivity index (χ4v) is 2.66. The zero-order valence-corrected chi connectivity index (χ0v) is 11.6. The maximum Gasteiger partial charge on any atom is 0.273 e. The lowest BCUT2D eigenvalue weighted by Crippen LogP contribution is -2.21. The normalized spacial score (nSPS) is 19.1. The molecule has 4 nitrogen and oxygen atoms in total. The quantitative estimate of drug-likeness (QED) is 0.806. The van der Waals surface area contributed by atoms with E-state index in [1.165, 1.54) is 12.8 Å². The average molecular weight is 269 g/mol. The maximum atomic E-state index is 12.2. The number of rotatable bonds is 2. The number of amides is 1. The fraction of sp³-hybridized carbons (Fsp3) is 0.375. The Morgan fingerprint density at radius 2 is 2.05 bits per heavy atom. The third-order valence-electron chi connectivity index (χ3n) is 4.00. The van der Waals surface area contributed by atoms with E-state index >= 15 is 0 Å². The van der Waals surface area contributed by atoms with Crippen LogP contribution in [0.4, 0.5) is 0 Å². The predicted molar refractivity (Wildman–Crippen MR) is 80.8 cm³/mol. The number of carbonyl (C=O) groups excluding carboxylic acids is 1. The van der Waals surface area contributed by atoms with Gasteiger partial charge in [0, 0.05) is 22.8 Å². The highest BCUT2D eigenvalue weighted by Gasteiger charge is 2.15. The topological polar surface area (TPSA) is 57.2 Å². The van der Waals surface area contributed by atoms with Crippen molar-refractivity contribution in [3.8, 4) is 0 Å². The minimum Gasteiger partial charge on any atom is -0.360 e. The molecular weight excluding hydrogens is 250 g/mol. The van der Waals surface area contributed by atoms with E-state index in [1.54, 1.807) is 6.20 Å². The molecule has 1 saturated carbocycles. The number of carbonyl (C=O) groups is 1. The van der Waals surface area contributed by atoms with Gasteiger partial charge in [-0.15, -0.1) is 0 Å². The van der Waals surface area contributed by atoms with Crippen molar-refractivity contribution in [3.63, 3.8) is 0 Å². The summed E-state index contributed by atoms with van der Waals surface area (Å²) in [5.41, 5.74) is 5.42. The number of hydrazone groups is 1. The molecule has 1 aliphatic carbocycles. The molecule has 1 aliphatic rings. The fourth-order valence-electron chi connectivity index (χ4n) is 2.66. The van der Waals surface area contributed by atoms with Crippen LogP contribution >= 0.6 is 0 Å². The molecule has 4 heteroatoms. The lowest BCUT2D eigenvalue weighted by molar-refractivity contribution is 0.0956. The van der Waals surface area contributed by atoms with E-state index in [0.717, 1.165) is 35.4 Å². The summed E-state index contributed by atoms with van der Waals surface area (Å²) >= 11 is 0. The van der Waals surface area contributed by atoms with Gasteiger partial charge in [-0.05, 0) is 37.7 Å². The summed E-state index contributed by atoms with van der Waals surface area (Å²) in [6.45, 7) is 2.27. The van der Waals surface area contributed by atoms with Gasteiger partial charge < -0.3 is 4.98 Å². The van der Waals surface area contributed by atoms with Crippen LogP contribution in [0.3, 0.4) is 0 Å². The third-order valence-corrected chi connectivity index (χ3v) is 4.00. The van der Waals surface area contributed by atoms with E-state index in [9.17, 15) is 4.79 Å². The average Bonchev–Trinajstić information content (AvgIpc) is 2.90. The first kappa shape index (κ1) is 12.9. The van der Waals surface area contributed by atoms with Crippen LogP contribution in [0.15, 0.2) is 35.6 Å². The van der Waals surface area contributed by atoms with Gasteiger partial charge in [-0.1, -0.05) is 25.1 Å². The number of aromatic nitrogens is 1. The van der Waals surface area contributed by atoms with Crippen molar-refractivity contribution >= 4 is 22.5 Å². The Hall–Kier alpha value is -2.10. The van der Waals surface area contributed by atoms with Crippen LogP contribution in [0.25, 0.3) is 10.9 Å². The predicted octanol–water partition coefficient (Wildman–Crippen LogP) is 3.46. The van der Waals surface area contributed by atoms with Crippen molar-refractivity contribution in [2.75, 3.05) is 0 Å². The minimum atomic E-state index is -0.145. The van der Waals surface area contributed by atoms with E-state index in [1.807, 2.05) is 24.3 Å². The monoisotopic (exact) mass is 269 g/mol. The van der Waals surface area contributed by atoms with Crippen molar-refractivity contribution < 1.29 is 4.79 Å². The van der Waals surface area contributed by atoms with Crippen LogP contribution in [0.2, 0.25) is 0 Å². The van der Waals surface area contributed by atoms with Gasteiger partial charge in [0.05, 0.1) is 5.56 Å². The van der Waals surface area contributed by atoms with Crippen molar-refractivity contribution in [2.24, 2.45) is 11.0 Å². The van der Waals surface area contributed by atoms with Gasteiger partial charge in [0.25, 0.3) is 5.91 Å². The van der Waals surface area contributed by atoms with Gasteiger partial charge in [0.15, 0.2) is 0 Å². The Morgan fingerprint density at radius 1 is 1.30 bits per heavy atom. The summed E-state index contributed by atoms with van der Waals surface area (Å²) in [4.78, 5) is 15.3. The summed E-state index contributed by atoms with van der Waals surface area (Å²) in [5, 5.41) is 5.22. The number of nitrogens with zero attached hydrogens (tertiary/aromatic N) is 1. The Kier molecular flexibility index (Phi) is 3.54. The van der Waals surface area contributed by atoms with Gasteiger partial charge in [0.1, 0.15) is 0 Å². The van der Waals surface area contributed by atoms with Gasteiger partial charge in [-0.3, -0.25) is 4.79 Å². The molecule has 0 saturated heterocycles. The molecule has 1 fully saturated rings. The molecule has 0 radical (unpaired) electrons. The number of benzene rings is 1. The molecule has 0 aliphatic heterocycles. The summed E-state index contributed by atoms with van der Waals surface area (Å²) < 4.78 is 0. The van der Waals surface area contributed by atoms with Crippen molar-refractivity contribution in [2.45, 2.75) is 32.6 Å². The van der Waals surface area contributed by atoms with E-state index in [2.05, 4.69) is 22.4 Å². The molecule has 2 N–H and O–H groups in total. The zero-order valence-electron chi connectivity index (χ0n) is 11.6. The van der Waals surface area contributed by atoms with E-state index in [4.69, 9.17) is 0 Å².